The number of carbonyl (C=O) groups is 2. The summed E-state index contributed by atoms with van der Waals surface area (Å²) in [6.45, 7) is 8.84. The zero-order valence-corrected chi connectivity index (χ0v) is 21.8. The first kappa shape index (κ1) is 23.7. The second-order valence-electron chi connectivity index (χ2n) is 9.80. The molecule has 6 heteroatoms. The van der Waals surface area contributed by atoms with Gasteiger partial charge in [-0.25, -0.2) is 0 Å². The molecule has 0 bridgehead atoms. The Hall–Kier alpha value is -2.44. The molecule has 1 aliphatic carbocycles. The molecule has 0 saturated carbocycles. The molecule has 0 aliphatic heterocycles. The Kier molecular flexibility index (Phi) is 6.78. The molecule has 0 fully saturated rings. The van der Waals surface area contributed by atoms with Crippen molar-refractivity contribution in [1.29, 1.82) is 0 Å². The third-order valence-electron chi connectivity index (χ3n) is 6.34. The van der Waals surface area contributed by atoms with Gasteiger partial charge in [0.25, 0.3) is 11.8 Å². The van der Waals surface area contributed by atoms with Crippen LogP contribution in [0, 0.1) is 18.3 Å². The van der Waals surface area contributed by atoms with E-state index in [0.717, 1.165) is 40.5 Å². The van der Waals surface area contributed by atoms with Crippen LogP contribution in [0.5, 0.6) is 0 Å². The quantitative estimate of drug-likeness (QED) is 0.371. The Morgan fingerprint density at radius 2 is 1.76 bits per heavy atom. The van der Waals surface area contributed by atoms with Gasteiger partial charge >= 0.3 is 0 Å². The summed E-state index contributed by atoms with van der Waals surface area (Å²) in [6.07, 6.45) is 2.81. The Morgan fingerprint density at radius 1 is 1.03 bits per heavy atom. The van der Waals surface area contributed by atoms with Gasteiger partial charge in [0.2, 0.25) is 0 Å². The van der Waals surface area contributed by atoms with Crippen LogP contribution < -0.4 is 10.6 Å². The fourth-order valence-electron chi connectivity index (χ4n) is 4.29. The molecule has 0 saturated heterocycles. The van der Waals surface area contributed by atoms with Crippen molar-refractivity contribution in [3.63, 3.8) is 0 Å². The van der Waals surface area contributed by atoms with Gasteiger partial charge in [-0.05, 0) is 73.4 Å². The molecule has 4 nitrogen and oxygen atoms in total. The van der Waals surface area contributed by atoms with Crippen LogP contribution in [0.4, 0.5) is 10.7 Å². The van der Waals surface area contributed by atoms with Crippen LogP contribution in [0.3, 0.4) is 0 Å². The van der Waals surface area contributed by atoms with E-state index in [9.17, 15) is 9.59 Å². The maximum absolute atomic E-state index is 13.4. The lowest BCUT2D eigenvalue weighted by atomic mass is 9.72. The van der Waals surface area contributed by atoms with Crippen molar-refractivity contribution < 1.29 is 9.59 Å². The molecular formula is C27H29BrN2O2S. The number of amides is 2. The zero-order valence-electron chi connectivity index (χ0n) is 19.4. The van der Waals surface area contributed by atoms with Crippen molar-refractivity contribution in [1.82, 2.24) is 0 Å². The lowest BCUT2D eigenvalue weighted by Gasteiger charge is -2.33. The summed E-state index contributed by atoms with van der Waals surface area (Å²) < 4.78 is 0.839. The van der Waals surface area contributed by atoms with Crippen molar-refractivity contribution >= 4 is 49.8 Å². The van der Waals surface area contributed by atoms with Crippen molar-refractivity contribution in [3.05, 3.63) is 80.1 Å². The highest BCUT2D eigenvalue weighted by Gasteiger charge is 2.34. The first-order valence-electron chi connectivity index (χ1n) is 11.2. The summed E-state index contributed by atoms with van der Waals surface area (Å²) in [6, 6.07) is 15.0. The number of halogens is 1. The molecule has 2 aromatic carbocycles. The number of nitrogens with one attached hydrogen (secondary N) is 2. The van der Waals surface area contributed by atoms with Crippen LogP contribution in [-0.2, 0) is 12.8 Å². The van der Waals surface area contributed by atoms with Crippen LogP contribution in [0.15, 0.2) is 53.0 Å². The third-order valence-corrected chi connectivity index (χ3v) is 8.00. The summed E-state index contributed by atoms with van der Waals surface area (Å²) >= 11 is 4.97. The van der Waals surface area contributed by atoms with Gasteiger partial charge in [-0.2, -0.15) is 0 Å². The molecule has 1 atom stereocenters. The first-order chi connectivity index (χ1) is 15.6. The molecular weight excluding hydrogens is 496 g/mol. The molecule has 1 heterocycles. The van der Waals surface area contributed by atoms with E-state index < -0.39 is 0 Å². The minimum Gasteiger partial charge on any atom is -0.322 e. The number of rotatable bonds is 4. The zero-order chi connectivity index (χ0) is 23.8. The molecule has 4 rings (SSSR count). The van der Waals surface area contributed by atoms with Gasteiger partial charge in [0.05, 0.1) is 5.56 Å². The number of anilines is 2. The predicted molar refractivity (Wildman–Crippen MR) is 141 cm³/mol. The summed E-state index contributed by atoms with van der Waals surface area (Å²) in [5.74, 6) is 0.159. The number of hydrogen-bond donors (Lipinski definition) is 2. The van der Waals surface area contributed by atoms with Crippen molar-refractivity contribution in [3.8, 4) is 0 Å². The number of fused-ring (bicyclic) bond motifs is 1. The average molecular weight is 526 g/mol. The van der Waals surface area contributed by atoms with E-state index in [1.165, 1.54) is 4.88 Å². The maximum atomic E-state index is 13.4. The van der Waals surface area contributed by atoms with E-state index in [2.05, 4.69) is 47.3 Å². The SMILES string of the molecule is Cc1ccc(NC(=O)c2c(NC(=O)c3cccc(Br)c3)sc3c2CCC(C(C)(C)C)C3)cc1. The van der Waals surface area contributed by atoms with Gasteiger partial charge < -0.3 is 10.6 Å². The van der Waals surface area contributed by atoms with Gasteiger partial charge in [0.1, 0.15) is 5.00 Å². The van der Waals surface area contributed by atoms with E-state index in [1.54, 1.807) is 23.5 Å². The topological polar surface area (TPSA) is 58.2 Å². The lowest BCUT2D eigenvalue weighted by Crippen LogP contribution is -2.27. The van der Waals surface area contributed by atoms with E-state index in [-0.39, 0.29) is 17.2 Å². The predicted octanol–water partition coefficient (Wildman–Crippen LogP) is 7.47. The fraction of sp³-hybridized carbons (Fsp3) is 0.333. The van der Waals surface area contributed by atoms with Gasteiger partial charge in [-0.3, -0.25) is 9.59 Å². The first-order valence-corrected chi connectivity index (χ1v) is 12.8. The summed E-state index contributed by atoms with van der Waals surface area (Å²) in [4.78, 5) is 27.7. The van der Waals surface area contributed by atoms with Crippen LogP contribution in [0.2, 0.25) is 0 Å². The van der Waals surface area contributed by atoms with E-state index in [0.29, 0.717) is 22.0 Å². The largest absolute Gasteiger partial charge is 0.322 e. The van der Waals surface area contributed by atoms with E-state index in [1.807, 2.05) is 43.3 Å². The molecule has 1 aromatic heterocycles. The standard InChI is InChI=1S/C27H29BrN2O2S/c1-16-8-11-20(12-9-16)29-25(32)23-21-13-10-18(27(2,3)4)15-22(21)33-26(23)30-24(31)17-6-5-7-19(28)14-17/h5-9,11-12,14,18H,10,13,15H2,1-4H3,(H,29,32)(H,30,31). The number of carbonyl (C=O) groups excluding carboxylic acids is 2. The molecule has 2 amide bonds. The minimum atomic E-state index is -0.216. The van der Waals surface area contributed by atoms with Gasteiger partial charge in [0.15, 0.2) is 0 Å². The Balaban J connectivity index is 1.68. The highest BCUT2D eigenvalue weighted by Crippen LogP contribution is 2.44. The fourth-order valence-corrected chi connectivity index (χ4v) is 6.01. The highest BCUT2D eigenvalue weighted by molar-refractivity contribution is 9.10. The highest BCUT2D eigenvalue weighted by atomic mass is 79.9. The number of thiophene rings is 1. The van der Waals surface area contributed by atoms with E-state index in [4.69, 9.17) is 0 Å². The second-order valence-corrected chi connectivity index (χ2v) is 11.8. The summed E-state index contributed by atoms with van der Waals surface area (Å²) in [7, 11) is 0. The lowest BCUT2D eigenvalue weighted by molar-refractivity contribution is 0.102. The Bertz CT molecular complexity index is 1190. The van der Waals surface area contributed by atoms with Crippen LogP contribution in [0.1, 0.15) is 63.9 Å². The third kappa shape index (κ3) is 5.39. The van der Waals surface area contributed by atoms with E-state index >= 15 is 0 Å². The molecule has 2 N–H and O–H groups in total. The van der Waals surface area contributed by atoms with Crippen LogP contribution in [-0.4, -0.2) is 11.8 Å². The van der Waals surface area contributed by atoms with Crippen molar-refractivity contribution in [2.75, 3.05) is 10.6 Å². The number of hydrogen-bond acceptors (Lipinski definition) is 3. The molecule has 1 unspecified atom stereocenters. The smallest absolute Gasteiger partial charge is 0.258 e. The molecule has 33 heavy (non-hydrogen) atoms. The molecule has 0 radical (unpaired) electrons. The molecule has 172 valence electrons. The van der Waals surface area contributed by atoms with Gasteiger partial charge in [0, 0.05) is 20.6 Å². The number of benzene rings is 2. The second kappa shape index (κ2) is 9.43. The monoisotopic (exact) mass is 524 g/mol. The van der Waals surface area contributed by atoms with Gasteiger partial charge in [-0.1, -0.05) is 60.5 Å². The van der Waals surface area contributed by atoms with Crippen molar-refractivity contribution in [2.45, 2.75) is 47.0 Å². The number of aryl methyl sites for hydroxylation is 1. The summed E-state index contributed by atoms with van der Waals surface area (Å²) in [5.41, 5.74) is 4.31. The average Bonchev–Trinajstić information content (AvgIpc) is 3.11. The van der Waals surface area contributed by atoms with Gasteiger partial charge in [-0.15, -0.1) is 11.3 Å². The van der Waals surface area contributed by atoms with Crippen LogP contribution in [0.25, 0.3) is 0 Å². The molecule has 0 spiro atoms. The maximum Gasteiger partial charge on any atom is 0.258 e. The molecule has 1 aliphatic rings. The Labute approximate surface area is 207 Å². The normalized spacial score (nSPS) is 15.6. The molecule has 3 aromatic rings. The van der Waals surface area contributed by atoms with Crippen molar-refractivity contribution in [2.24, 2.45) is 11.3 Å². The van der Waals surface area contributed by atoms with Crippen LogP contribution >= 0.6 is 27.3 Å². The minimum absolute atomic E-state index is 0.171. The Morgan fingerprint density at radius 3 is 2.42 bits per heavy atom. The summed E-state index contributed by atoms with van der Waals surface area (Å²) in [5, 5.41) is 6.70.